The summed E-state index contributed by atoms with van der Waals surface area (Å²) in [6, 6.07) is 6.94. The van der Waals surface area contributed by atoms with Crippen molar-refractivity contribution in [3.63, 3.8) is 0 Å². The van der Waals surface area contributed by atoms with Gasteiger partial charge in [-0.05, 0) is 42.6 Å². The molecule has 2 aliphatic carbocycles. The maximum atomic E-state index is 15.4. The van der Waals surface area contributed by atoms with Crippen molar-refractivity contribution in [1.29, 1.82) is 0 Å². The molecule has 136 valence electrons. The van der Waals surface area contributed by atoms with Crippen molar-refractivity contribution in [2.24, 2.45) is 17.8 Å². The van der Waals surface area contributed by atoms with Crippen LogP contribution in [0.1, 0.15) is 62.4 Å². The number of aryl methyl sites for hydroxylation is 1. The quantitative estimate of drug-likeness (QED) is 0.597. The van der Waals surface area contributed by atoms with Gasteiger partial charge in [0, 0.05) is 12.0 Å². The number of fused-ring (bicyclic) bond motifs is 1. The standard InChI is InChI=1S/C21H27FO3/c1-13(2)16-9-8-14(3)12-18(16)25-20(24)21(22)11-10-15-6-4-5-7-17(15)19(21)23/h4-7,13-14,16,18H,8-12H2,1-3H3/t14-,16+,18-,21+/m1/s1. The molecule has 25 heavy (non-hydrogen) atoms. The van der Waals surface area contributed by atoms with E-state index in [1.54, 1.807) is 12.1 Å². The van der Waals surface area contributed by atoms with Gasteiger partial charge in [-0.2, -0.15) is 0 Å². The van der Waals surface area contributed by atoms with Crippen molar-refractivity contribution in [1.82, 2.24) is 0 Å². The van der Waals surface area contributed by atoms with Gasteiger partial charge in [0.1, 0.15) is 6.10 Å². The van der Waals surface area contributed by atoms with E-state index in [1.165, 1.54) is 0 Å². The Bertz CT molecular complexity index is 669. The SMILES string of the molecule is CC(C)[C@@H]1CC[C@@H](C)C[C@H]1OC(=O)[C@]1(F)CCc2ccccc2C1=O. The second-order valence-corrected chi connectivity index (χ2v) is 8.06. The molecule has 0 unspecified atom stereocenters. The number of halogens is 1. The summed E-state index contributed by atoms with van der Waals surface area (Å²) in [6.45, 7) is 6.34. The summed E-state index contributed by atoms with van der Waals surface area (Å²) >= 11 is 0. The Morgan fingerprint density at radius 2 is 2.00 bits per heavy atom. The van der Waals surface area contributed by atoms with Crippen molar-refractivity contribution < 1.29 is 18.7 Å². The summed E-state index contributed by atoms with van der Waals surface area (Å²) in [6.07, 6.45) is 2.78. The Labute approximate surface area is 148 Å². The number of benzene rings is 1. The number of alkyl halides is 1. The number of Topliss-reactive ketones (excluding diaryl/α,β-unsaturated/α-hetero) is 1. The zero-order valence-corrected chi connectivity index (χ0v) is 15.3. The molecule has 1 aromatic rings. The van der Waals surface area contributed by atoms with Crippen molar-refractivity contribution in [2.75, 3.05) is 0 Å². The lowest BCUT2D eigenvalue weighted by Gasteiger charge is -2.38. The van der Waals surface area contributed by atoms with E-state index in [0.29, 0.717) is 23.8 Å². The molecular formula is C21H27FO3. The van der Waals surface area contributed by atoms with Gasteiger partial charge >= 0.3 is 5.97 Å². The maximum absolute atomic E-state index is 15.4. The van der Waals surface area contributed by atoms with Gasteiger partial charge in [0.05, 0.1) is 0 Å². The van der Waals surface area contributed by atoms with Crippen LogP contribution in [-0.4, -0.2) is 23.5 Å². The lowest BCUT2D eigenvalue weighted by Crippen LogP contribution is -2.49. The molecule has 0 spiro atoms. The van der Waals surface area contributed by atoms with Crippen LogP contribution in [0.15, 0.2) is 24.3 Å². The number of ether oxygens (including phenoxy) is 1. The Morgan fingerprint density at radius 1 is 1.28 bits per heavy atom. The van der Waals surface area contributed by atoms with E-state index in [4.69, 9.17) is 4.74 Å². The van der Waals surface area contributed by atoms with Gasteiger partial charge in [-0.3, -0.25) is 4.79 Å². The number of carbonyl (C=O) groups is 2. The van der Waals surface area contributed by atoms with Gasteiger partial charge in [-0.25, -0.2) is 9.18 Å². The first-order valence-corrected chi connectivity index (χ1v) is 9.35. The van der Waals surface area contributed by atoms with Crippen LogP contribution in [0.5, 0.6) is 0 Å². The molecule has 0 aromatic heterocycles. The number of carbonyl (C=O) groups excluding carboxylic acids is 2. The van der Waals surface area contributed by atoms with E-state index in [-0.39, 0.29) is 18.4 Å². The molecule has 0 aliphatic heterocycles. The van der Waals surface area contributed by atoms with Crippen LogP contribution in [-0.2, 0) is 16.0 Å². The molecule has 1 fully saturated rings. The largest absolute Gasteiger partial charge is 0.459 e. The van der Waals surface area contributed by atoms with Gasteiger partial charge in [0.15, 0.2) is 0 Å². The molecule has 0 amide bonds. The zero-order valence-electron chi connectivity index (χ0n) is 15.3. The molecule has 0 saturated heterocycles. The highest BCUT2D eigenvalue weighted by atomic mass is 19.1. The molecule has 0 heterocycles. The van der Waals surface area contributed by atoms with Crippen LogP contribution < -0.4 is 0 Å². The zero-order chi connectivity index (χ0) is 18.2. The third kappa shape index (κ3) is 3.36. The summed E-state index contributed by atoms with van der Waals surface area (Å²) in [5.41, 5.74) is -1.43. The number of hydrogen-bond acceptors (Lipinski definition) is 3. The normalized spacial score (nSPS) is 32.4. The molecule has 1 saturated carbocycles. The average molecular weight is 346 g/mol. The molecule has 4 atom stereocenters. The predicted molar refractivity (Wildman–Crippen MR) is 94.2 cm³/mol. The van der Waals surface area contributed by atoms with E-state index in [1.807, 2.05) is 12.1 Å². The Morgan fingerprint density at radius 3 is 2.72 bits per heavy atom. The van der Waals surface area contributed by atoms with Crippen molar-refractivity contribution in [2.45, 2.75) is 64.6 Å². The second-order valence-electron chi connectivity index (χ2n) is 8.06. The molecule has 0 bridgehead atoms. The predicted octanol–water partition coefficient (Wildman–Crippen LogP) is 4.53. The third-order valence-corrected chi connectivity index (χ3v) is 5.90. The first kappa shape index (κ1) is 18.1. The molecule has 3 rings (SSSR count). The number of hydrogen-bond donors (Lipinski definition) is 0. The van der Waals surface area contributed by atoms with Crippen molar-refractivity contribution in [3.8, 4) is 0 Å². The average Bonchev–Trinajstić information content (AvgIpc) is 2.58. The fourth-order valence-corrected chi connectivity index (χ4v) is 4.27. The van der Waals surface area contributed by atoms with Crippen LogP contribution >= 0.6 is 0 Å². The van der Waals surface area contributed by atoms with E-state index in [9.17, 15) is 9.59 Å². The monoisotopic (exact) mass is 346 g/mol. The smallest absolute Gasteiger partial charge is 0.352 e. The fraction of sp³-hybridized carbons (Fsp3) is 0.619. The van der Waals surface area contributed by atoms with Crippen LogP contribution in [0, 0.1) is 17.8 Å². The fourth-order valence-electron chi connectivity index (χ4n) is 4.27. The molecule has 3 nitrogen and oxygen atoms in total. The van der Waals surface area contributed by atoms with E-state index in [2.05, 4.69) is 20.8 Å². The van der Waals surface area contributed by atoms with Crippen molar-refractivity contribution >= 4 is 11.8 Å². The summed E-state index contributed by atoms with van der Waals surface area (Å²) in [4.78, 5) is 25.3. The minimum atomic E-state index is -2.55. The highest BCUT2D eigenvalue weighted by Gasteiger charge is 2.52. The van der Waals surface area contributed by atoms with Gasteiger partial charge in [0.2, 0.25) is 5.78 Å². The minimum Gasteiger partial charge on any atom is -0.459 e. The number of ketones is 1. The highest BCUT2D eigenvalue weighted by Crippen LogP contribution is 2.38. The summed E-state index contributed by atoms with van der Waals surface area (Å²) in [5, 5.41) is 0. The summed E-state index contributed by atoms with van der Waals surface area (Å²) in [5.74, 6) is -0.689. The molecule has 0 N–H and O–H groups in total. The van der Waals surface area contributed by atoms with Crippen LogP contribution in [0.25, 0.3) is 0 Å². The Kier molecular flexibility index (Phi) is 4.99. The molecule has 1 aromatic carbocycles. The Hall–Kier alpha value is -1.71. The lowest BCUT2D eigenvalue weighted by atomic mass is 9.75. The van der Waals surface area contributed by atoms with Gasteiger partial charge < -0.3 is 4.74 Å². The molecule has 0 radical (unpaired) electrons. The van der Waals surface area contributed by atoms with Gasteiger partial charge in [-0.15, -0.1) is 0 Å². The summed E-state index contributed by atoms with van der Waals surface area (Å²) in [7, 11) is 0. The minimum absolute atomic E-state index is 0.129. The maximum Gasteiger partial charge on any atom is 0.352 e. The van der Waals surface area contributed by atoms with Crippen molar-refractivity contribution in [3.05, 3.63) is 35.4 Å². The summed E-state index contributed by atoms with van der Waals surface area (Å²) < 4.78 is 21.0. The van der Waals surface area contributed by atoms with Crippen LogP contribution in [0.2, 0.25) is 0 Å². The second kappa shape index (κ2) is 6.89. The highest BCUT2D eigenvalue weighted by molar-refractivity contribution is 6.16. The first-order chi connectivity index (χ1) is 11.8. The van der Waals surface area contributed by atoms with Gasteiger partial charge in [-0.1, -0.05) is 51.5 Å². The van der Waals surface area contributed by atoms with E-state index in [0.717, 1.165) is 24.8 Å². The third-order valence-electron chi connectivity index (χ3n) is 5.90. The molecule has 2 aliphatic rings. The topological polar surface area (TPSA) is 43.4 Å². The molecular weight excluding hydrogens is 319 g/mol. The lowest BCUT2D eigenvalue weighted by molar-refractivity contribution is -0.167. The molecule has 4 heteroatoms. The van der Waals surface area contributed by atoms with Gasteiger partial charge in [0.25, 0.3) is 5.67 Å². The van der Waals surface area contributed by atoms with E-state index < -0.39 is 17.4 Å². The number of esters is 1. The van der Waals surface area contributed by atoms with Crippen LogP contribution in [0.4, 0.5) is 4.39 Å². The first-order valence-electron chi connectivity index (χ1n) is 9.35. The number of rotatable bonds is 3. The van der Waals surface area contributed by atoms with E-state index >= 15 is 4.39 Å². The Balaban J connectivity index is 1.79. The van der Waals surface area contributed by atoms with Crippen LogP contribution in [0.3, 0.4) is 0 Å².